The van der Waals surface area contributed by atoms with E-state index in [0.717, 1.165) is 5.56 Å². The Morgan fingerprint density at radius 2 is 1.50 bits per heavy atom. The molecule has 0 saturated carbocycles. The normalized spacial score (nSPS) is 11.2. The number of nitrogens with one attached hydrogen (secondary N) is 1. The molecule has 20 heavy (non-hydrogen) atoms. The first kappa shape index (κ1) is 13.7. The molecule has 0 saturated heterocycles. The van der Waals surface area contributed by atoms with Crippen LogP contribution in [0.25, 0.3) is 6.08 Å². The highest BCUT2D eigenvalue weighted by Crippen LogP contribution is 2.16. The Kier molecular flexibility index (Phi) is 4.78. The van der Waals surface area contributed by atoms with Gasteiger partial charge < -0.3 is 15.5 Å². The van der Waals surface area contributed by atoms with E-state index in [-0.39, 0.29) is 11.5 Å². The lowest BCUT2D eigenvalue weighted by molar-refractivity contribution is 0.473. The Labute approximate surface area is 117 Å². The third-order valence-electron chi connectivity index (χ3n) is 2.67. The van der Waals surface area contributed by atoms with Gasteiger partial charge in [0.15, 0.2) is 0 Å². The zero-order valence-corrected chi connectivity index (χ0v) is 10.9. The predicted octanol–water partition coefficient (Wildman–Crippen LogP) is 2.73. The highest BCUT2D eigenvalue weighted by molar-refractivity contribution is 5.83. The minimum absolute atomic E-state index is 0.209. The summed E-state index contributed by atoms with van der Waals surface area (Å²) in [6.07, 6.45) is 5.10. The van der Waals surface area contributed by atoms with E-state index < -0.39 is 0 Å². The fraction of sp³-hybridized carbons (Fsp3) is 0.0625. The lowest BCUT2D eigenvalue weighted by Crippen LogP contribution is -2.04. The van der Waals surface area contributed by atoms with Crippen molar-refractivity contribution < 1.29 is 10.2 Å². The Morgan fingerprint density at radius 1 is 0.900 bits per heavy atom. The third-order valence-corrected chi connectivity index (χ3v) is 2.67. The standard InChI is InChI=1S/C16H16N2O2/c19-15-7-3-1-5-13(15)9-10-17-12-18-11-14-6-2-4-8-16(14)20/h1-11,17,19-20H,12H2. The Morgan fingerprint density at radius 3 is 2.15 bits per heavy atom. The van der Waals surface area contributed by atoms with Gasteiger partial charge in [-0.3, -0.25) is 4.99 Å². The van der Waals surface area contributed by atoms with Crippen LogP contribution in [0.4, 0.5) is 0 Å². The Balaban J connectivity index is 1.82. The van der Waals surface area contributed by atoms with Gasteiger partial charge in [-0.2, -0.15) is 0 Å². The van der Waals surface area contributed by atoms with Crippen molar-refractivity contribution in [2.24, 2.45) is 4.99 Å². The van der Waals surface area contributed by atoms with Gasteiger partial charge >= 0.3 is 0 Å². The molecule has 0 aliphatic heterocycles. The van der Waals surface area contributed by atoms with Gasteiger partial charge in [0, 0.05) is 17.3 Å². The van der Waals surface area contributed by atoms with Crippen molar-refractivity contribution in [3.8, 4) is 11.5 Å². The summed E-state index contributed by atoms with van der Waals surface area (Å²) in [6, 6.07) is 14.1. The van der Waals surface area contributed by atoms with Crippen molar-refractivity contribution in [3.05, 3.63) is 65.9 Å². The summed E-state index contributed by atoms with van der Waals surface area (Å²) in [5, 5.41) is 22.1. The zero-order chi connectivity index (χ0) is 14.2. The number of aromatic hydroxyl groups is 2. The maximum Gasteiger partial charge on any atom is 0.124 e. The van der Waals surface area contributed by atoms with Crippen LogP contribution in [0.1, 0.15) is 11.1 Å². The molecule has 0 aliphatic rings. The smallest absolute Gasteiger partial charge is 0.124 e. The summed E-state index contributed by atoms with van der Waals surface area (Å²) in [5.41, 5.74) is 1.42. The van der Waals surface area contributed by atoms with Crippen LogP contribution in [-0.2, 0) is 0 Å². The number of benzene rings is 2. The molecule has 0 amide bonds. The number of phenolic OH excluding ortho intramolecular Hbond substituents is 2. The molecule has 0 heterocycles. The molecule has 0 fully saturated rings. The van der Waals surface area contributed by atoms with Crippen LogP contribution in [0.2, 0.25) is 0 Å². The number of phenols is 2. The predicted molar refractivity (Wildman–Crippen MR) is 80.8 cm³/mol. The summed E-state index contributed by atoms with van der Waals surface area (Å²) in [5.74, 6) is 0.448. The van der Waals surface area contributed by atoms with Gasteiger partial charge in [-0.1, -0.05) is 30.3 Å². The fourth-order valence-corrected chi connectivity index (χ4v) is 1.62. The highest BCUT2D eigenvalue weighted by atomic mass is 16.3. The molecule has 2 aromatic carbocycles. The van der Waals surface area contributed by atoms with E-state index in [4.69, 9.17) is 0 Å². The lowest BCUT2D eigenvalue weighted by Gasteiger charge is -1.99. The SMILES string of the molecule is Oc1ccccc1C=CNCN=Cc1ccccc1O. The summed E-state index contributed by atoms with van der Waals surface area (Å²) >= 11 is 0. The first-order chi connectivity index (χ1) is 9.77. The second-order valence-electron chi connectivity index (χ2n) is 4.12. The maximum absolute atomic E-state index is 9.56. The van der Waals surface area contributed by atoms with E-state index in [1.807, 2.05) is 18.2 Å². The van der Waals surface area contributed by atoms with Crippen molar-refractivity contribution in [1.82, 2.24) is 5.32 Å². The van der Waals surface area contributed by atoms with Crippen LogP contribution in [0.5, 0.6) is 11.5 Å². The summed E-state index contributed by atoms with van der Waals surface area (Å²) < 4.78 is 0. The molecule has 3 N–H and O–H groups in total. The highest BCUT2D eigenvalue weighted by Gasteiger charge is 1.94. The topological polar surface area (TPSA) is 64.8 Å². The van der Waals surface area contributed by atoms with Gasteiger partial charge in [-0.05, 0) is 30.5 Å². The molecule has 0 bridgehead atoms. The molecule has 102 valence electrons. The molecule has 0 unspecified atom stereocenters. The first-order valence-electron chi connectivity index (χ1n) is 6.23. The molecule has 0 aromatic heterocycles. The van der Waals surface area contributed by atoms with E-state index in [1.54, 1.807) is 48.8 Å². The van der Waals surface area contributed by atoms with Crippen LogP contribution in [-0.4, -0.2) is 23.1 Å². The van der Waals surface area contributed by atoms with E-state index in [0.29, 0.717) is 12.2 Å². The third kappa shape index (κ3) is 3.88. The van der Waals surface area contributed by atoms with Gasteiger partial charge in [0.05, 0.1) is 0 Å². The van der Waals surface area contributed by atoms with E-state index >= 15 is 0 Å². The quantitative estimate of drug-likeness (QED) is 0.577. The number of nitrogens with zero attached hydrogens (tertiary/aromatic N) is 1. The summed E-state index contributed by atoms with van der Waals surface area (Å²) in [6.45, 7) is 0.387. The monoisotopic (exact) mass is 268 g/mol. The van der Waals surface area contributed by atoms with Gasteiger partial charge in [-0.15, -0.1) is 0 Å². The van der Waals surface area contributed by atoms with Crippen molar-refractivity contribution in [2.75, 3.05) is 6.67 Å². The number of para-hydroxylation sites is 2. The number of hydrogen-bond acceptors (Lipinski definition) is 4. The molecule has 4 heteroatoms. The maximum atomic E-state index is 9.56. The average Bonchev–Trinajstić information content (AvgIpc) is 2.46. The first-order valence-corrected chi connectivity index (χ1v) is 6.23. The van der Waals surface area contributed by atoms with Crippen LogP contribution < -0.4 is 5.32 Å². The minimum Gasteiger partial charge on any atom is -0.507 e. The van der Waals surface area contributed by atoms with Gasteiger partial charge in [-0.25, -0.2) is 0 Å². The zero-order valence-electron chi connectivity index (χ0n) is 10.9. The van der Waals surface area contributed by atoms with Crippen LogP contribution in [0.3, 0.4) is 0 Å². The van der Waals surface area contributed by atoms with Gasteiger partial charge in [0.2, 0.25) is 0 Å². The molecule has 0 spiro atoms. The van der Waals surface area contributed by atoms with Gasteiger partial charge in [0.25, 0.3) is 0 Å². The molecule has 0 radical (unpaired) electrons. The second kappa shape index (κ2) is 6.99. The van der Waals surface area contributed by atoms with Crippen molar-refractivity contribution in [1.29, 1.82) is 0 Å². The number of rotatable bonds is 5. The average molecular weight is 268 g/mol. The van der Waals surface area contributed by atoms with Crippen LogP contribution >= 0.6 is 0 Å². The molecular formula is C16H16N2O2. The van der Waals surface area contributed by atoms with Crippen molar-refractivity contribution in [2.45, 2.75) is 0 Å². The van der Waals surface area contributed by atoms with E-state index in [1.165, 1.54) is 0 Å². The molecule has 0 atom stereocenters. The number of aliphatic imine (C=N–C) groups is 1. The fourth-order valence-electron chi connectivity index (χ4n) is 1.62. The molecule has 0 aliphatic carbocycles. The lowest BCUT2D eigenvalue weighted by atomic mass is 10.2. The Bertz CT molecular complexity index is 566. The van der Waals surface area contributed by atoms with E-state index in [2.05, 4.69) is 10.3 Å². The van der Waals surface area contributed by atoms with Gasteiger partial charge in [0.1, 0.15) is 18.2 Å². The molecular weight excluding hydrogens is 252 g/mol. The number of hydrogen-bond donors (Lipinski definition) is 3. The molecule has 2 rings (SSSR count). The van der Waals surface area contributed by atoms with Crippen LogP contribution in [0.15, 0.2) is 59.7 Å². The van der Waals surface area contributed by atoms with Crippen molar-refractivity contribution in [3.63, 3.8) is 0 Å². The molecule has 2 aromatic rings. The molecule has 4 nitrogen and oxygen atoms in total. The van der Waals surface area contributed by atoms with Crippen LogP contribution in [0, 0.1) is 0 Å². The van der Waals surface area contributed by atoms with Crippen molar-refractivity contribution >= 4 is 12.3 Å². The minimum atomic E-state index is 0.209. The second-order valence-corrected chi connectivity index (χ2v) is 4.12. The summed E-state index contributed by atoms with van der Waals surface area (Å²) in [7, 11) is 0. The largest absolute Gasteiger partial charge is 0.507 e. The summed E-state index contributed by atoms with van der Waals surface area (Å²) in [4.78, 5) is 4.15. The van der Waals surface area contributed by atoms with E-state index in [9.17, 15) is 10.2 Å². The Hall–Kier alpha value is -2.75.